The third-order valence-corrected chi connectivity index (χ3v) is 1.63. The largest absolute Gasteiger partial charge is 0.473 e. The van der Waals surface area contributed by atoms with Gasteiger partial charge in [-0.15, -0.1) is 0 Å². The summed E-state index contributed by atoms with van der Waals surface area (Å²) in [5.74, 6) is 0.301. The van der Waals surface area contributed by atoms with E-state index in [2.05, 4.69) is 0 Å². The van der Waals surface area contributed by atoms with Gasteiger partial charge in [0.2, 0.25) is 5.90 Å². The second-order valence-corrected chi connectivity index (χ2v) is 2.27. The zero-order chi connectivity index (χ0) is 6.97. The van der Waals surface area contributed by atoms with Crippen molar-refractivity contribution in [3.63, 3.8) is 0 Å². The third-order valence-electron chi connectivity index (χ3n) is 1.63. The molecule has 0 radical (unpaired) electrons. The Morgan fingerprint density at radius 3 is 2.90 bits per heavy atom. The smallest absolute Gasteiger partial charge is 0.213 e. The summed E-state index contributed by atoms with van der Waals surface area (Å²) in [7, 11) is 0. The summed E-state index contributed by atoms with van der Waals surface area (Å²) in [6.07, 6.45) is 0. The molecule has 1 aromatic carbocycles. The van der Waals surface area contributed by atoms with Crippen LogP contribution < -0.4 is 0 Å². The van der Waals surface area contributed by atoms with Gasteiger partial charge in [-0.25, -0.2) is 0 Å². The van der Waals surface area contributed by atoms with E-state index in [-0.39, 0.29) is 0 Å². The lowest BCUT2D eigenvalue weighted by atomic mass is 10.1. The Morgan fingerprint density at radius 1 is 1.30 bits per heavy atom. The van der Waals surface area contributed by atoms with E-state index in [1.54, 1.807) is 0 Å². The summed E-state index contributed by atoms with van der Waals surface area (Å²) >= 11 is 0. The number of hydrogen-bond donors (Lipinski definition) is 1. The molecule has 0 unspecified atom stereocenters. The van der Waals surface area contributed by atoms with Crippen LogP contribution >= 0.6 is 0 Å². The van der Waals surface area contributed by atoms with Gasteiger partial charge in [-0.2, -0.15) is 0 Å². The van der Waals surface area contributed by atoms with E-state index in [1.165, 1.54) is 0 Å². The molecule has 1 heterocycles. The highest BCUT2D eigenvalue weighted by molar-refractivity contribution is 5.95. The molecule has 1 aliphatic heterocycles. The van der Waals surface area contributed by atoms with Crippen LogP contribution in [0.3, 0.4) is 0 Å². The minimum Gasteiger partial charge on any atom is -0.473 e. The Bertz CT molecular complexity index is 280. The van der Waals surface area contributed by atoms with E-state index in [4.69, 9.17) is 10.1 Å². The molecule has 0 aliphatic carbocycles. The molecule has 0 amide bonds. The molecule has 10 heavy (non-hydrogen) atoms. The van der Waals surface area contributed by atoms with Crippen molar-refractivity contribution in [3.05, 3.63) is 35.4 Å². The Balaban J connectivity index is 2.61. The van der Waals surface area contributed by atoms with Crippen molar-refractivity contribution in [2.45, 2.75) is 6.61 Å². The predicted octanol–water partition coefficient (Wildman–Crippen LogP) is 1.54. The minimum absolute atomic E-state index is 0.301. The van der Waals surface area contributed by atoms with Crippen molar-refractivity contribution in [2.75, 3.05) is 0 Å². The van der Waals surface area contributed by atoms with Gasteiger partial charge in [0, 0.05) is 11.1 Å². The topological polar surface area (TPSA) is 33.1 Å². The molecule has 1 aromatic rings. The first kappa shape index (κ1) is 5.47. The lowest BCUT2D eigenvalue weighted by Gasteiger charge is -1.90. The van der Waals surface area contributed by atoms with Gasteiger partial charge in [-0.1, -0.05) is 18.2 Å². The highest BCUT2D eigenvalue weighted by atomic mass is 16.5. The van der Waals surface area contributed by atoms with Gasteiger partial charge >= 0.3 is 0 Å². The molecule has 2 heteroatoms. The molecule has 0 aromatic heterocycles. The second-order valence-electron chi connectivity index (χ2n) is 2.27. The normalized spacial score (nSPS) is 14.6. The average molecular weight is 133 g/mol. The van der Waals surface area contributed by atoms with Crippen LogP contribution in [-0.2, 0) is 11.3 Å². The second kappa shape index (κ2) is 1.84. The molecule has 2 nitrogen and oxygen atoms in total. The summed E-state index contributed by atoms with van der Waals surface area (Å²) in [6, 6.07) is 7.77. The maximum absolute atomic E-state index is 7.31. The van der Waals surface area contributed by atoms with Crippen LogP contribution in [0.5, 0.6) is 0 Å². The van der Waals surface area contributed by atoms with E-state index in [0.29, 0.717) is 12.5 Å². The quantitative estimate of drug-likeness (QED) is 0.572. The molecule has 2 rings (SSSR count). The zero-order valence-electron chi connectivity index (χ0n) is 5.42. The summed E-state index contributed by atoms with van der Waals surface area (Å²) in [5.41, 5.74) is 2.05. The molecule has 1 N–H and O–H groups in total. The Hall–Kier alpha value is -1.31. The lowest BCUT2D eigenvalue weighted by Crippen LogP contribution is -1.92. The molecule has 0 atom stereocenters. The first-order chi connectivity index (χ1) is 4.88. The van der Waals surface area contributed by atoms with Crippen molar-refractivity contribution in [1.29, 1.82) is 5.41 Å². The number of rotatable bonds is 0. The van der Waals surface area contributed by atoms with E-state index >= 15 is 0 Å². The van der Waals surface area contributed by atoms with Gasteiger partial charge in [-0.05, 0) is 6.07 Å². The SMILES string of the molecule is N=C1OCc2ccccc21. The molecule has 50 valence electrons. The predicted molar refractivity (Wildman–Crippen MR) is 38.1 cm³/mol. The fourth-order valence-corrected chi connectivity index (χ4v) is 1.10. The van der Waals surface area contributed by atoms with Gasteiger partial charge in [0.05, 0.1) is 0 Å². The Kier molecular flexibility index (Phi) is 1.01. The van der Waals surface area contributed by atoms with Crippen molar-refractivity contribution in [2.24, 2.45) is 0 Å². The van der Waals surface area contributed by atoms with Crippen molar-refractivity contribution in [1.82, 2.24) is 0 Å². The van der Waals surface area contributed by atoms with Gasteiger partial charge in [-0.3, -0.25) is 5.41 Å². The molecule has 0 spiro atoms. The van der Waals surface area contributed by atoms with Gasteiger partial charge in [0.25, 0.3) is 0 Å². The van der Waals surface area contributed by atoms with Crippen LogP contribution in [-0.4, -0.2) is 5.90 Å². The molecule has 0 saturated heterocycles. The van der Waals surface area contributed by atoms with Crippen LogP contribution in [0.2, 0.25) is 0 Å². The monoisotopic (exact) mass is 133 g/mol. The molecular weight excluding hydrogens is 126 g/mol. The fourth-order valence-electron chi connectivity index (χ4n) is 1.10. The average Bonchev–Trinajstić information content (AvgIpc) is 2.34. The molecule has 0 saturated carbocycles. The highest BCUT2D eigenvalue weighted by Gasteiger charge is 2.15. The summed E-state index contributed by atoms with van der Waals surface area (Å²) in [4.78, 5) is 0. The Morgan fingerprint density at radius 2 is 2.10 bits per heavy atom. The first-order valence-electron chi connectivity index (χ1n) is 3.17. The third kappa shape index (κ3) is 0.620. The number of fused-ring (bicyclic) bond motifs is 1. The summed E-state index contributed by atoms with van der Waals surface area (Å²) < 4.78 is 5.01. The molecular formula is C8H7NO. The van der Waals surface area contributed by atoms with Crippen molar-refractivity contribution < 1.29 is 4.74 Å². The number of ether oxygens (including phenoxy) is 1. The van der Waals surface area contributed by atoms with Crippen LogP contribution in [0, 0.1) is 5.41 Å². The highest BCUT2D eigenvalue weighted by Crippen LogP contribution is 2.17. The number of benzene rings is 1. The zero-order valence-corrected chi connectivity index (χ0v) is 5.42. The van der Waals surface area contributed by atoms with E-state index in [0.717, 1.165) is 11.1 Å². The van der Waals surface area contributed by atoms with Crippen LogP contribution in [0.25, 0.3) is 0 Å². The number of nitrogens with one attached hydrogen (secondary N) is 1. The minimum atomic E-state index is 0.301. The Labute approximate surface area is 59.0 Å². The van der Waals surface area contributed by atoms with E-state index in [9.17, 15) is 0 Å². The lowest BCUT2D eigenvalue weighted by molar-refractivity contribution is 0.310. The van der Waals surface area contributed by atoms with E-state index < -0.39 is 0 Å². The number of hydrogen-bond acceptors (Lipinski definition) is 2. The van der Waals surface area contributed by atoms with Gasteiger partial charge < -0.3 is 4.74 Å². The summed E-state index contributed by atoms with van der Waals surface area (Å²) in [6.45, 7) is 0.564. The maximum Gasteiger partial charge on any atom is 0.213 e. The van der Waals surface area contributed by atoms with Gasteiger partial charge in [0.1, 0.15) is 6.61 Å². The maximum atomic E-state index is 7.31. The molecule has 1 aliphatic rings. The van der Waals surface area contributed by atoms with Crippen molar-refractivity contribution in [3.8, 4) is 0 Å². The first-order valence-corrected chi connectivity index (χ1v) is 3.17. The summed E-state index contributed by atoms with van der Waals surface area (Å²) in [5, 5.41) is 7.31. The van der Waals surface area contributed by atoms with E-state index in [1.807, 2.05) is 24.3 Å². The van der Waals surface area contributed by atoms with Crippen molar-refractivity contribution >= 4 is 5.90 Å². The van der Waals surface area contributed by atoms with Crippen LogP contribution in [0.15, 0.2) is 24.3 Å². The van der Waals surface area contributed by atoms with Crippen LogP contribution in [0.1, 0.15) is 11.1 Å². The fraction of sp³-hybridized carbons (Fsp3) is 0.125. The van der Waals surface area contributed by atoms with Gasteiger partial charge in [0.15, 0.2) is 0 Å². The molecule has 0 bridgehead atoms. The molecule has 0 fully saturated rings. The van der Waals surface area contributed by atoms with Crippen LogP contribution in [0.4, 0.5) is 0 Å². The standard InChI is InChI=1S/C8H7NO/c9-8-7-4-2-1-3-6(7)5-10-8/h1-4,9H,5H2.